The highest BCUT2D eigenvalue weighted by molar-refractivity contribution is 6.20. The maximum atomic E-state index is 12.9. The van der Waals surface area contributed by atoms with Gasteiger partial charge in [-0.05, 0) is 36.5 Å². The number of amides is 3. The fourth-order valence-electron chi connectivity index (χ4n) is 3.10. The first kappa shape index (κ1) is 21.2. The first-order valence-corrected chi connectivity index (χ1v) is 9.50. The van der Waals surface area contributed by atoms with Crippen molar-refractivity contribution in [3.8, 4) is 5.75 Å². The van der Waals surface area contributed by atoms with Crippen LogP contribution in [0.25, 0.3) is 0 Å². The number of hydrogen-bond donors (Lipinski definition) is 4. The summed E-state index contributed by atoms with van der Waals surface area (Å²) in [6, 6.07) is 5.82. The molecule has 3 amide bonds. The molecule has 1 heterocycles. The minimum absolute atomic E-state index is 0.0294. The number of nitrogens with two attached hydrogens (primary N) is 1. The van der Waals surface area contributed by atoms with Crippen LogP contribution in [-0.4, -0.2) is 58.0 Å². The molecule has 0 unspecified atom stereocenters. The molecule has 1 atom stereocenters. The topological polar surface area (TPSA) is 159 Å². The van der Waals surface area contributed by atoms with Crippen LogP contribution in [0.15, 0.2) is 35.6 Å². The molecule has 0 spiro atoms. The molecule has 1 aliphatic carbocycles. The number of ether oxygens (including phenoxy) is 1. The molecule has 0 radical (unpaired) electrons. The van der Waals surface area contributed by atoms with E-state index < -0.39 is 47.6 Å². The number of carbonyl (C=O) groups excluding carboxylic acids is 3. The summed E-state index contributed by atoms with van der Waals surface area (Å²) in [4.78, 5) is 48.7. The van der Waals surface area contributed by atoms with Gasteiger partial charge in [0.2, 0.25) is 5.91 Å². The van der Waals surface area contributed by atoms with Crippen LogP contribution in [0.2, 0.25) is 0 Å². The van der Waals surface area contributed by atoms with Crippen molar-refractivity contribution in [1.29, 1.82) is 0 Å². The zero-order valence-corrected chi connectivity index (χ0v) is 16.2. The first-order valence-electron chi connectivity index (χ1n) is 9.50. The second-order valence-electron chi connectivity index (χ2n) is 7.35. The number of primary amides is 1. The number of carbonyl (C=O) groups is 4. The van der Waals surface area contributed by atoms with Crippen molar-refractivity contribution in [3.05, 3.63) is 41.2 Å². The maximum Gasteiger partial charge on any atom is 0.322 e. The zero-order chi connectivity index (χ0) is 21.8. The average Bonchev–Trinajstić information content (AvgIpc) is 3.52. The van der Waals surface area contributed by atoms with Crippen molar-refractivity contribution in [2.45, 2.75) is 31.8 Å². The highest BCUT2D eigenvalue weighted by Gasteiger charge is 2.40. The average molecular weight is 417 g/mol. The summed E-state index contributed by atoms with van der Waals surface area (Å²) in [6.07, 6.45) is 2.01. The number of aliphatic hydroxyl groups excluding tert-OH is 1. The molecule has 160 valence electrons. The van der Waals surface area contributed by atoms with Crippen molar-refractivity contribution in [3.63, 3.8) is 0 Å². The van der Waals surface area contributed by atoms with Crippen LogP contribution in [0.1, 0.15) is 24.8 Å². The van der Waals surface area contributed by atoms with Crippen molar-refractivity contribution in [1.82, 2.24) is 10.2 Å². The summed E-state index contributed by atoms with van der Waals surface area (Å²) in [5, 5.41) is 20.9. The van der Waals surface area contributed by atoms with Crippen molar-refractivity contribution < 1.29 is 34.1 Å². The van der Waals surface area contributed by atoms with Gasteiger partial charge in [-0.2, -0.15) is 0 Å². The summed E-state index contributed by atoms with van der Waals surface area (Å²) >= 11 is 0. The molecule has 0 saturated heterocycles. The number of aliphatic carboxylic acids is 1. The van der Waals surface area contributed by atoms with Crippen LogP contribution in [0, 0.1) is 5.92 Å². The molecule has 0 bridgehead atoms. The Balaban J connectivity index is 1.75. The molecule has 1 saturated carbocycles. The van der Waals surface area contributed by atoms with Gasteiger partial charge in [-0.1, -0.05) is 12.1 Å². The summed E-state index contributed by atoms with van der Waals surface area (Å²) in [5.41, 5.74) is 5.46. The molecule has 0 aromatic heterocycles. The summed E-state index contributed by atoms with van der Waals surface area (Å²) in [6.45, 7) is -0.0879. The fraction of sp³-hybridized carbons (Fsp3) is 0.400. The lowest BCUT2D eigenvalue weighted by Crippen LogP contribution is -2.53. The highest BCUT2D eigenvalue weighted by atomic mass is 16.5. The third-order valence-corrected chi connectivity index (χ3v) is 4.94. The van der Waals surface area contributed by atoms with E-state index in [4.69, 9.17) is 15.6 Å². The Morgan fingerprint density at radius 2 is 1.87 bits per heavy atom. The summed E-state index contributed by atoms with van der Waals surface area (Å²) in [5.74, 6) is -3.37. The van der Waals surface area contributed by atoms with E-state index in [2.05, 4.69) is 0 Å². The van der Waals surface area contributed by atoms with Crippen molar-refractivity contribution in [2.75, 3.05) is 13.2 Å². The normalized spacial score (nSPS) is 18.9. The van der Waals surface area contributed by atoms with Crippen molar-refractivity contribution >= 4 is 23.7 Å². The van der Waals surface area contributed by atoms with E-state index >= 15 is 0 Å². The predicted octanol–water partition coefficient (Wildman–Crippen LogP) is 0.0745. The Hall–Kier alpha value is -3.56. The Bertz CT molecular complexity index is 890. The van der Waals surface area contributed by atoms with E-state index in [0.29, 0.717) is 23.8 Å². The number of hydrogen-bond acceptors (Lipinski definition) is 6. The van der Waals surface area contributed by atoms with Gasteiger partial charge in [0.15, 0.2) is 0 Å². The number of nitrogens with one attached hydrogen (secondary N) is 1. The van der Waals surface area contributed by atoms with Gasteiger partial charge in [-0.25, -0.2) is 0 Å². The number of carboxylic acids is 1. The number of nitrogens with zero attached hydrogens (tertiary/aromatic N) is 1. The standard InChI is InChI=1S/C20H23N3O7/c21-18(27)14-7-15(24)17(19(28)22-8-16(25)26)20(29)23(14)9-11-3-5-13(6-4-11)30-10-12-1-2-12/h3-6,12,14,24H,1-2,7-10H2,(H2,21,27)(H,22,28)(H,25,26)/t14-/m1/s1. The van der Waals surface area contributed by atoms with Crippen molar-refractivity contribution in [2.24, 2.45) is 11.7 Å². The van der Waals surface area contributed by atoms with E-state index in [0.717, 1.165) is 4.90 Å². The van der Waals surface area contributed by atoms with Gasteiger partial charge in [0.25, 0.3) is 11.8 Å². The van der Waals surface area contributed by atoms with E-state index in [1.807, 2.05) is 5.32 Å². The molecular weight excluding hydrogens is 394 g/mol. The molecule has 1 fully saturated rings. The zero-order valence-electron chi connectivity index (χ0n) is 16.2. The van der Waals surface area contributed by atoms with E-state index in [-0.39, 0.29) is 13.0 Å². The molecular formula is C20H23N3O7. The second-order valence-corrected chi connectivity index (χ2v) is 7.35. The molecule has 1 aromatic rings. The lowest BCUT2D eigenvalue weighted by atomic mass is 9.97. The van der Waals surface area contributed by atoms with Crippen LogP contribution in [0.3, 0.4) is 0 Å². The predicted molar refractivity (Wildman–Crippen MR) is 103 cm³/mol. The largest absolute Gasteiger partial charge is 0.511 e. The van der Waals surface area contributed by atoms with E-state index in [9.17, 15) is 24.3 Å². The van der Waals surface area contributed by atoms with Crippen LogP contribution in [0.4, 0.5) is 0 Å². The van der Waals surface area contributed by atoms with Gasteiger partial charge < -0.3 is 30.9 Å². The SMILES string of the molecule is NC(=O)[C@H]1CC(O)=C(C(=O)NCC(=O)O)C(=O)N1Cc1ccc(OCC2CC2)cc1. The number of benzene rings is 1. The molecule has 10 nitrogen and oxygen atoms in total. The van der Waals surface area contributed by atoms with Crippen LogP contribution >= 0.6 is 0 Å². The molecule has 1 aromatic carbocycles. The van der Waals surface area contributed by atoms with E-state index in [1.54, 1.807) is 24.3 Å². The molecule has 5 N–H and O–H groups in total. The van der Waals surface area contributed by atoms with Crippen LogP contribution in [0.5, 0.6) is 5.75 Å². The summed E-state index contributed by atoms with van der Waals surface area (Å²) in [7, 11) is 0. The number of aliphatic hydroxyl groups is 1. The lowest BCUT2D eigenvalue weighted by Gasteiger charge is -2.34. The monoisotopic (exact) mass is 417 g/mol. The molecule has 10 heteroatoms. The quantitative estimate of drug-likeness (QED) is 0.414. The Kier molecular flexibility index (Phi) is 6.24. The Morgan fingerprint density at radius 1 is 1.20 bits per heavy atom. The Morgan fingerprint density at radius 3 is 2.43 bits per heavy atom. The van der Waals surface area contributed by atoms with Gasteiger partial charge in [0.05, 0.1) is 6.61 Å². The van der Waals surface area contributed by atoms with Gasteiger partial charge >= 0.3 is 5.97 Å². The Labute approximate surface area is 172 Å². The number of rotatable bonds is 9. The minimum atomic E-state index is -1.30. The smallest absolute Gasteiger partial charge is 0.322 e. The van der Waals surface area contributed by atoms with E-state index in [1.165, 1.54) is 12.8 Å². The third-order valence-electron chi connectivity index (χ3n) is 4.94. The van der Waals surface area contributed by atoms with Gasteiger partial charge in [-0.3, -0.25) is 19.2 Å². The highest BCUT2D eigenvalue weighted by Crippen LogP contribution is 2.30. The second kappa shape index (κ2) is 8.85. The molecule has 3 rings (SSSR count). The number of carboxylic acid groups (broad SMARTS) is 1. The third kappa shape index (κ3) is 5.07. The lowest BCUT2D eigenvalue weighted by molar-refractivity contribution is -0.141. The fourth-order valence-corrected chi connectivity index (χ4v) is 3.10. The maximum absolute atomic E-state index is 12.9. The summed E-state index contributed by atoms with van der Waals surface area (Å²) < 4.78 is 5.67. The van der Waals surface area contributed by atoms with Gasteiger partial charge in [0.1, 0.15) is 29.7 Å². The molecule has 30 heavy (non-hydrogen) atoms. The van der Waals surface area contributed by atoms with Crippen LogP contribution < -0.4 is 15.8 Å². The van der Waals surface area contributed by atoms with Crippen LogP contribution in [-0.2, 0) is 25.7 Å². The molecule has 1 aliphatic heterocycles. The first-order chi connectivity index (χ1) is 14.3. The van der Waals surface area contributed by atoms with Gasteiger partial charge in [0, 0.05) is 13.0 Å². The molecule has 2 aliphatic rings. The van der Waals surface area contributed by atoms with Gasteiger partial charge in [-0.15, -0.1) is 0 Å². The minimum Gasteiger partial charge on any atom is -0.511 e.